The highest BCUT2D eigenvalue weighted by molar-refractivity contribution is 8.27. The van der Waals surface area contributed by atoms with Gasteiger partial charge in [0.25, 0.3) is 5.91 Å². The van der Waals surface area contributed by atoms with Gasteiger partial charge in [-0.1, -0.05) is 36.1 Å². The third-order valence-electron chi connectivity index (χ3n) is 3.74. The second kappa shape index (κ2) is 7.36. The van der Waals surface area contributed by atoms with Crippen molar-refractivity contribution in [1.29, 1.82) is 0 Å². The van der Waals surface area contributed by atoms with Crippen molar-refractivity contribution in [2.45, 2.75) is 6.18 Å². The molecular formula is C18H9F4NO3S2. The van der Waals surface area contributed by atoms with Crippen molar-refractivity contribution >= 4 is 51.9 Å². The fraction of sp³-hybridized carbons (Fsp3) is 0.0556. The summed E-state index contributed by atoms with van der Waals surface area (Å²) in [5, 5.41) is 9.02. The van der Waals surface area contributed by atoms with Gasteiger partial charge >= 0.3 is 12.1 Å². The molecule has 1 aliphatic heterocycles. The van der Waals surface area contributed by atoms with Crippen LogP contribution in [0.2, 0.25) is 0 Å². The highest BCUT2D eigenvalue weighted by atomic mass is 32.2. The molecule has 0 radical (unpaired) electrons. The molecular weight excluding hydrogens is 418 g/mol. The molecule has 0 bridgehead atoms. The minimum absolute atomic E-state index is 0.0117. The second-order valence-electron chi connectivity index (χ2n) is 5.61. The molecule has 144 valence electrons. The zero-order valence-corrected chi connectivity index (χ0v) is 15.3. The van der Waals surface area contributed by atoms with E-state index in [1.165, 1.54) is 24.3 Å². The molecule has 0 unspecified atom stereocenters. The number of thiocarbonyl (C=S) groups is 1. The number of thioether (sulfide) groups is 1. The number of carboxylic acid groups (broad SMARTS) is 1. The number of benzene rings is 2. The number of nitrogens with zero attached hydrogens (tertiary/aromatic N) is 1. The molecule has 1 saturated heterocycles. The van der Waals surface area contributed by atoms with Gasteiger partial charge in [0.1, 0.15) is 5.82 Å². The predicted octanol–water partition coefficient (Wildman–Crippen LogP) is 4.95. The van der Waals surface area contributed by atoms with Gasteiger partial charge in [0.2, 0.25) is 0 Å². The minimum Gasteiger partial charge on any atom is -0.478 e. The Bertz CT molecular complexity index is 1030. The summed E-state index contributed by atoms with van der Waals surface area (Å²) >= 11 is 5.94. The number of amides is 1. The molecule has 28 heavy (non-hydrogen) atoms. The highest BCUT2D eigenvalue weighted by Crippen LogP contribution is 2.39. The maximum atomic E-state index is 13.5. The normalized spacial score (nSPS) is 16.1. The SMILES string of the molecule is O=C(O)c1cccc(/C=C2\SC(=S)N(c3ccc(F)c(C(F)(F)F)c3)C2=O)c1. The molecule has 4 nitrogen and oxygen atoms in total. The number of halogens is 4. The van der Waals surface area contributed by atoms with Crippen molar-refractivity contribution < 1.29 is 32.3 Å². The Hall–Kier alpha value is -2.72. The van der Waals surface area contributed by atoms with Gasteiger partial charge in [0, 0.05) is 0 Å². The third-order valence-corrected chi connectivity index (χ3v) is 5.04. The molecule has 1 fully saturated rings. The lowest BCUT2D eigenvalue weighted by Gasteiger charge is -2.17. The molecule has 0 saturated carbocycles. The summed E-state index contributed by atoms with van der Waals surface area (Å²) in [5.41, 5.74) is -1.29. The summed E-state index contributed by atoms with van der Waals surface area (Å²) in [5.74, 6) is -3.29. The van der Waals surface area contributed by atoms with E-state index in [-0.39, 0.29) is 20.5 Å². The van der Waals surface area contributed by atoms with Gasteiger partial charge in [-0.25, -0.2) is 9.18 Å². The van der Waals surface area contributed by atoms with Gasteiger partial charge in [0.15, 0.2) is 4.32 Å². The van der Waals surface area contributed by atoms with Gasteiger partial charge in [-0.15, -0.1) is 0 Å². The van der Waals surface area contributed by atoms with E-state index >= 15 is 0 Å². The molecule has 0 aliphatic carbocycles. The van der Waals surface area contributed by atoms with Crippen molar-refractivity contribution in [2.75, 3.05) is 4.90 Å². The Morgan fingerprint density at radius 2 is 1.89 bits per heavy atom. The zero-order valence-electron chi connectivity index (χ0n) is 13.7. The molecule has 2 aromatic rings. The van der Waals surface area contributed by atoms with Crippen molar-refractivity contribution in [1.82, 2.24) is 0 Å². The van der Waals surface area contributed by atoms with E-state index in [1.54, 1.807) is 6.07 Å². The number of hydrogen-bond donors (Lipinski definition) is 1. The summed E-state index contributed by atoms with van der Waals surface area (Å²) in [6, 6.07) is 7.95. The van der Waals surface area contributed by atoms with Crippen molar-refractivity contribution in [2.24, 2.45) is 0 Å². The summed E-state index contributed by atoms with van der Waals surface area (Å²) in [6.45, 7) is 0. The van der Waals surface area contributed by atoms with Gasteiger partial charge < -0.3 is 5.11 Å². The summed E-state index contributed by atoms with van der Waals surface area (Å²) < 4.78 is 52.3. The van der Waals surface area contributed by atoms with E-state index in [4.69, 9.17) is 17.3 Å². The second-order valence-corrected chi connectivity index (χ2v) is 7.29. The number of carbonyl (C=O) groups excluding carboxylic acids is 1. The van der Waals surface area contributed by atoms with Crippen molar-refractivity contribution in [3.05, 3.63) is 69.9 Å². The van der Waals surface area contributed by atoms with E-state index < -0.39 is 29.4 Å². The smallest absolute Gasteiger partial charge is 0.419 e. The fourth-order valence-electron chi connectivity index (χ4n) is 2.47. The Morgan fingerprint density at radius 1 is 1.18 bits per heavy atom. The number of rotatable bonds is 3. The number of hydrogen-bond acceptors (Lipinski definition) is 4. The van der Waals surface area contributed by atoms with Crippen LogP contribution in [0.5, 0.6) is 0 Å². The molecule has 0 aromatic heterocycles. The van der Waals surface area contributed by atoms with E-state index in [9.17, 15) is 27.2 Å². The van der Waals surface area contributed by atoms with Crippen LogP contribution in [0.15, 0.2) is 47.4 Å². The molecule has 1 N–H and O–H groups in total. The predicted molar refractivity (Wildman–Crippen MR) is 100 cm³/mol. The summed E-state index contributed by atoms with van der Waals surface area (Å²) in [7, 11) is 0. The summed E-state index contributed by atoms with van der Waals surface area (Å²) in [6.07, 6.45) is -3.53. The minimum atomic E-state index is -4.92. The lowest BCUT2D eigenvalue weighted by atomic mass is 10.1. The average molecular weight is 427 g/mol. The first-order valence-electron chi connectivity index (χ1n) is 7.56. The standard InChI is InChI=1S/C18H9F4NO3S2/c19-13-5-4-11(8-12(13)18(20,21)22)23-15(24)14(28-17(23)27)7-9-2-1-3-10(6-9)16(25)26/h1-8H,(H,25,26)/b14-7-. The van der Waals surface area contributed by atoms with Gasteiger partial charge in [-0.3, -0.25) is 9.69 Å². The molecule has 3 rings (SSSR count). The highest BCUT2D eigenvalue weighted by Gasteiger charge is 2.38. The van der Waals surface area contributed by atoms with E-state index in [0.717, 1.165) is 22.7 Å². The number of alkyl halides is 3. The molecule has 0 atom stereocenters. The van der Waals surface area contributed by atoms with E-state index in [2.05, 4.69) is 0 Å². The quantitative estimate of drug-likeness (QED) is 0.427. The third kappa shape index (κ3) is 3.92. The number of anilines is 1. The van der Waals surface area contributed by atoms with Crippen molar-refractivity contribution in [3.63, 3.8) is 0 Å². The maximum Gasteiger partial charge on any atom is 0.419 e. The zero-order chi connectivity index (χ0) is 20.6. The van der Waals surface area contributed by atoms with Crippen molar-refractivity contribution in [3.8, 4) is 0 Å². The van der Waals surface area contributed by atoms with E-state index in [1.807, 2.05) is 0 Å². The van der Waals surface area contributed by atoms with Crippen LogP contribution >= 0.6 is 24.0 Å². The van der Waals surface area contributed by atoms with Crippen LogP contribution < -0.4 is 4.90 Å². The number of aromatic carboxylic acids is 1. The first kappa shape index (κ1) is 20.0. The van der Waals surface area contributed by atoms with Crippen LogP contribution in [0.25, 0.3) is 6.08 Å². The van der Waals surface area contributed by atoms with Crippen LogP contribution in [0.1, 0.15) is 21.5 Å². The topological polar surface area (TPSA) is 57.6 Å². The van der Waals surface area contributed by atoms with Crippen LogP contribution in [0.4, 0.5) is 23.2 Å². The van der Waals surface area contributed by atoms with Gasteiger partial charge in [-0.2, -0.15) is 13.2 Å². The largest absolute Gasteiger partial charge is 0.478 e. The maximum absolute atomic E-state index is 13.5. The van der Waals surface area contributed by atoms with Crippen LogP contribution in [-0.2, 0) is 11.0 Å². The molecule has 2 aromatic carbocycles. The molecule has 1 aliphatic rings. The molecule has 10 heteroatoms. The first-order valence-corrected chi connectivity index (χ1v) is 8.78. The van der Waals surface area contributed by atoms with Crippen LogP contribution in [0, 0.1) is 5.82 Å². The number of carbonyl (C=O) groups is 2. The molecule has 0 spiro atoms. The Labute approximate surface area is 165 Å². The Balaban J connectivity index is 1.97. The van der Waals surface area contributed by atoms with Crippen LogP contribution in [0.3, 0.4) is 0 Å². The first-order chi connectivity index (χ1) is 13.1. The lowest BCUT2D eigenvalue weighted by Crippen LogP contribution is -2.28. The van der Waals surface area contributed by atoms with Crippen LogP contribution in [-0.4, -0.2) is 21.3 Å². The van der Waals surface area contributed by atoms with E-state index in [0.29, 0.717) is 17.7 Å². The Morgan fingerprint density at radius 3 is 2.54 bits per heavy atom. The summed E-state index contributed by atoms with van der Waals surface area (Å²) in [4.78, 5) is 24.7. The number of carboxylic acids is 1. The molecule has 1 amide bonds. The Kier molecular flexibility index (Phi) is 5.26. The fourth-order valence-corrected chi connectivity index (χ4v) is 3.77. The average Bonchev–Trinajstić information content (AvgIpc) is 2.88. The molecule has 1 heterocycles. The van der Waals surface area contributed by atoms with Gasteiger partial charge in [0.05, 0.1) is 21.7 Å². The van der Waals surface area contributed by atoms with Gasteiger partial charge in [-0.05, 0) is 42.0 Å². The lowest BCUT2D eigenvalue weighted by molar-refractivity contribution is -0.140. The monoisotopic (exact) mass is 427 g/mol.